The van der Waals surface area contributed by atoms with E-state index < -0.39 is 18.1 Å². The van der Waals surface area contributed by atoms with Crippen LogP contribution in [0.15, 0.2) is 18.6 Å². The van der Waals surface area contributed by atoms with Crippen LogP contribution in [0.1, 0.15) is 19.5 Å². The molecule has 1 unspecified atom stereocenters. The molecule has 7 heteroatoms. The lowest BCUT2D eigenvalue weighted by Gasteiger charge is -2.17. The summed E-state index contributed by atoms with van der Waals surface area (Å²) in [6, 6.07) is -0.973. The van der Waals surface area contributed by atoms with Gasteiger partial charge >= 0.3 is 12.1 Å². The fraction of sp³-hybridized carbons (Fsp3) is 0.455. The quantitative estimate of drug-likeness (QED) is 0.805. The summed E-state index contributed by atoms with van der Waals surface area (Å²) in [7, 11) is 0. The largest absolute Gasteiger partial charge is 0.480 e. The predicted octanol–water partition coefficient (Wildman–Crippen LogP) is 0.812. The van der Waals surface area contributed by atoms with Crippen LogP contribution in [0.5, 0.6) is 0 Å². The number of carboxylic acids is 1. The van der Waals surface area contributed by atoms with Crippen LogP contribution in [0.25, 0.3) is 0 Å². The van der Waals surface area contributed by atoms with Crippen molar-refractivity contribution in [1.29, 1.82) is 0 Å². The van der Waals surface area contributed by atoms with E-state index >= 15 is 0 Å². The number of ether oxygens (including phenoxy) is 1. The summed E-state index contributed by atoms with van der Waals surface area (Å²) < 4.78 is 4.84. The molecule has 0 bridgehead atoms. The number of nitrogens with one attached hydrogen (secondary N) is 1. The van der Waals surface area contributed by atoms with Gasteiger partial charge in [-0.2, -0.15) is 0 Å². The molecule has 98 valence electrons. The van der Waals surface area contributed by atoms with Crippen LogP contribution in [-0.4, -0.2) is 33.2 Å². The number of hydrogen-bond donors (Lipinski definition) is 2. The molecule has 1 aromatic heterocycles. The third kappa shape index (κ3) is 4.36. The molecule has 18 heavy (non-hydrogen) atoms. The van der Waals surface area contributed by atoms with Gasteiger partial charge in [0.05, 0.1) is 11.9 Å². The number of alkyl carbamates (subject to hydrolysis) is 1. The summed E-state index contributed by atoms with van der Waals surface area (Å²) in [5, 5.41) is 11.2. The van der Waals surface area contributed by atoms with Gasteiger partial charge in [-0.15, -0.1) is 0 Å². The zero-order valence-corrected chi connectivity index (χ0v) is 10.2. The third-order valence-electron chi connectivity index (χ3n) is 2.17. The van der Waals surface area contributed by atoms with Gasteiger partial charge in [-0.05, 0) is 5.92 Å². The molecule has 0 aliphatic rings. The van der Waals surface area contributed by atoms with Gasteiger partial charge in [0, 0.05) is 12.4 Å². The lowest BCUT2D eigenvalue weighted by molar-refractivity contribution is -0.140. The summed E-state index contributed by atoms with van der Waals surface area (Å²) in [4.78, 5) is 30.0. The molecule has 1 aromatic rings. The van der Waals surface area contributed by atoms with Crippen LogP contribution in [0.2, 0.25) is 0 Å². The predicted molar refractivity (Wildman–Crippen MR) is 61.6 cm³/mol. The first-order valence-corrected chi connectivity index (χ1v) is 5.41. The minimum atomic E-state index is -1.10. The average Bonchev–Trinajstić information content (AvgIpc) is 2.34. The molecule has 0 saturated heterocycles. The van der Waals surface area contributed by atoms with Crippen molar-refractivity contribution in [2.24, 2.45) is 5.92 Å². The van der Waals surface area contributed by atoms with Gasteiger partial charge in [0.2, 0.25) is 0 Å². The van der Waals surface area contributed by atoms with Gasteiger partial charge in [-0.25, -0.2) is 9.59 Å². The van der Waals surface area contributed by atoms with E-state index in [0.29, 0.717) is 5.69 Å². The first-order chi connectivity index (χ1) is 8.50. The Morgan fingerprint density at radius 3 is 2.67 bits per heavy atom. The van der Waals surface area contributed by atoms with Gasteiger partial charge in [-0.3, -0.25) is 9.97 Å². The Labute approximate surface area is 104 Å². The molecular weight excluding hydrogens is 238 g/mol. The van der Waals surface area contributed by atoms with E-state index in [9.17, 15) is 9.59 Å². The molecule has 2 N–H and O–H groups in total. The highest BCUT2D eigenvalue weighted by Crippen LogP contribution is 2.02. The second kappa shape index (κ2) is 6.53. The van der Waals surface area contributed by atoms with Crippen LogP contribution in [0.4, 0.5) is 4.79 Å². The second-order valence-electron chi connectivity index (χ2n) is 3.98. The smallest absolute Gasteiger partial charge is 0.408 e. The fourth-order valence-corrected chi connectivity index (χ4v) is 1.23. The Bertz CT molecular complexity index is 408. The molecule has 0 fully saturated rings. The Balaban J connectivity index is 2.44. The fourth-order valence-electron chi connectivity index (χ4n) is 1.23. The summed E-state index contributed by atoms with van der Waals surface area (Å²) >= 11 is 0. The number of hydrogen-bond acceptors (Lipinski definition) is 5. The molecule has 1 heterocycles. The zero-order chi connectivity index (χ0) is 13.5. The molecule has 0 radical (unpaired) electrons. The van der Waals surface area contributed by atoms with Crippen LogP contribution < -0.4 is 5.32 Å². The molecule has 0 spiro atoms. The Kier molecular flexibility index (Phi) is 5.04. The Hall–Kier alpha value is -2.18. The third-order valence-corrected chi connectivity index (χ3v) is 2.17. The molecule has 1 amide bonds. The van der Waals surface area contributed by atoms with E-state index in [-0.39, 0.29) is 12.5 Å². The summed E-state index contributed by atoms with van der Waals surface area (Å²) in [6.45, 7) is 3.34. The van der Waals surface area contributed by atoms with Crippen molar-refractivity contribution >= 4 is 12.1 Å². The van der Waals surface area contributed by atoms with Crippen molar-refractivity contribution in [3.63, 3.8) is 0 Å². The number of aliphatic carboxylic acids is 1. The van der Waals surface area contributed by atoms with Gasteiger partial charge < -0.3 is 15.2 Å². The van der Waals surface area contributed by atoms with Gasteiger partial charge in [0.1, 0.15) is 12.6 Å². The van der Waals surface area contributed by atoms with E-state index in [2.05, 4.69) is 15.3 Å². The van der Waals surface area contributed by atoms with E-state index in [1.165, 1.54) is 18.6 Å². The molecular formula is C11H15N3O4. The maximum absolute atomic E-state index is 11.4. The summed E-state index contributed by atoms with van der Waals surface area (Å²) in [5.74, 6) is -1.33. The lowest BCUT2D eigenvalue weighted by Crippen LogP contribution is -2.44. The molecule has 0 aliphatic heterocycles. The number of nitrogens with zero attached hydrogens (tertiary/aromatic N) is 2. The Morgan fingerprint density at radius 1 is 1.44 bits per heavy atom. The van der Waals surface area contributed by atoms with Crippen LogP contribution in [-0.2, 0) is 16.1 Å². The number of rotatable bonds is 5. The van der Waals surface area contributed by atoms with Gasteiger partial charge in [0.25, 0.3) is 0 Å². The molecule has 0 aliphatic carbocycles. The highest BCUT2D eigenvalue weighted by molar-refractivity contribution is 5.80. The number of aromatic nitrogens is 2. The van der Waals surface area contributed by atoms with Crippen molar-refractivity contribution < 1.29 is 19.4 Å². The first kappa shape index (κ1) is 13.9. The highest BCUT2D eigenvalue weighted by atomic mass is 16.5. The number of carboxylic acid groups (broad SMARTS) is 1. The lowest BCUT2D eigenvalue weighted by atomic mass is 10.1. The molecule has 7 nitrogen and oxygen atoms in total. The number of carbonyl (C=O) groups is 2. The molecule has 0 saturated carbocycles. The van der Waals surface area contributed by atoms with Crippen molar-refractivity contribution in [3.8, 4) is 0 Å². The van der Waals surface area contributed by atoms with Crippen LogP contribution in [0.3, 0.4) is 0 Å². The maximum Gasteiger partial charge on any atom is 0.408 e. The minimum Gasteiger partial charge on any atom is -0.480 e. The molecule has 1 atom stereocenters. The zero-order valence-electron chi connectivity index (χ0n) is 10.2. The number of carbonyl (C=O) groups excluding carboxylic acids is 1. The summed E-state index contributed by atoms with van der Waals surface area (Å²) in [6.07, 6.45) is 3.65. The highest BCUT2D eigenvalue weighted by Gasteiger charge is 2.23. The van der Waals surface area contributed by atoms with E-state index in [1.54, 1.807) is 13.8 Å². The van der Waals surface area contributed by atoms with E-state index in [0.717, 1.165) is 0 Å². The van der Waals surface area contributed by atoms with Crippen LogP contribution in [0, 0.1) is 5.92 Å². The topological polar surface area (TPSA) is 101 Å². The first-order valence-electron chi connectivity index (χ1n) is 5.41. The number of amides is 1. The van der Waals surface area contributed by atoms with Crippen molar-refractivity contribution in [1.82, 2.24) is 15.3 Å². The van der Waals surface area contributed by atoms with Crippen molar-refractivity contribution in [3.05, 3.63) is 24.3 Å². The maximum atomic E-state index is 11.4. The normalized spacial score (nSPS) is 11.9. The van der Waals surface area contributed by atoms with E-state index in [4.69, 9.17) is 9.84 Å². The minimum absolute atomic E-state index is 0.0515. The molecule has 0 aromatic carbocycles. The second-order valence-corrected chi connectivity index (χ2v) is 3.98. The monoisotopic (exact) mass is 253 g/mol. The van der Waals surface area contributed by atoms with Crippen molar-refractivity contribution in [2.45, 2.75) is 26.5 Å². The van der Waals surface area contributed by atoms with Gasteiger partial charge in [-0.1, -0.05) is 13.8 Å². The Morgan fingerprint density at radius 2 is 2.17 bits per heavy atom. The SMILES string of the molecule is CC(C)C(NC(=O)OCc1cnccn1)C(=O)O. The standard InChI is InChI=1S/C11H15N3O4/c1-7(2)9(10(15)16)14-11(17)18-6-8-5-12-3-4-13-8/h3-5,7,9H,6H2,1-2H3,(H,14,17)(H,15,16). The van der Waals surface area contributed by atoms with Crippen molar-refractivity contribution in [2.75, 3.05) is 0 Å². The summed E-state index contributed by atoms with van der Waals surface area (Å²) in [5.41, 5.74) is 0.490. The average molecular weight is 253 g/mol. The molecule has 1 rings (SSSR count). The van der Waals surface area contributed by atoms with Crippen LogP contribution >= 0.6 is 0 Å². The van der Waals surface area contributed by atoms with E-state index in [1.807, 2.05) is 0 Å². The van der Waals surface area contributed by atoms with Gasteiger partial charge in [0.15, 0.2) is 0 Å².